The van der Waals surface area contributed by atoms with Crippen molar-refractivity contribution in [3.8, 4) is 11.1 Å². The van der Waals surface area contributed by atoms with Crippen molar-refractivity contribution in [2.45, 2.75) is 58.6 Å². The summed E-state index contributed by atoms with van der Waals surface area (Å²) in [5.41, 5.74) is 2.58. The van der Waals surface area contributed by atoms with Crippen molar-refractivity contribution in [1.29, 1.82) is 0 Å². The van der Waals surface area contributed by atoms with E-state index in [0.29, 0.717) is 23.1 Å². The second-order valence-corrected chi connectivity index (χ2v) is 10.3. The molecular weight excluding hydrogens is 492 g/mol. The topological polar surface area (TPSA) is 77.7 Å². The van der Waals surface area contributed by atoms with Crippen molar-refractivity contribution in [2.75, 3.05) is 0 Å². The molecule has 1 aliphatic carbocycles. The number of aromatic amines is 1. The third kappa shape index (κ3) is 4.57. The molecule has 3 aromatic heterocycles. The number of halogens is 3. The largest absolute Gasteiger partial charge is 0.401 e. The van der Waals surface area contributed by atoms with E-state index in [1.54, 1.807) is 12.4 Å². The molecule has 1 aromatic carbocycles. The van der Waals surface area contributed by atoms with Crippen LogP contribution >= 0.6 is 23.2 Å². The Hall–Kier alpha value is -2.84. The van der Waals surface area contributed by atoms with Crippen LogP contribution in [0.3, 0.4) is 0 Å². The third-order valence-corrected chi connectivity index (χ3v) is 7.54. The summed E-state index contributed by atoms with van der Waals surface area (Å²) in [6, 6.07) is 4.44. The Morgan fingerprint density at radius 1 is 1.23 bits per heavy atom. The smallest absolute Gasteiger partial charge is 0.360 e. The van der Waals surface area contributed by atoms with Gasteiger partial charge in [-0.05, 0) is 42.9 Å². The monoisotopic (exact) mass is 517 g/mol. The molecule has 7 nitrogen and oxygen atoms in total. The molecule has 0 bridgehead atoms. The van der Waals surface area contributed by atoms with E-state index in [1.807, 2.05) is 23.9 Å². The van der Waals surface area contributed by atoms with Crippen LogP contribution in [0.1, 0.15) is 57.6 Å². The Balaban J connectivity index is 1.48. The van der Waals surface area contributed by atoms with Crippen LogP contribution in [0.4, 0.5) is 4.39 Å². The zero-order valence-electron chi connectivity index (χ0n) is 19.5. The van der Waals surface area contributed by atoms with E-state index in [2.05, 4.69) is 22.0 Å². The molecule has 35 heavy (non-hydrogen) atoms. The van der Waals surface area contributed by atoms with Crippen molar-refractivity contribution >= 4 is 34.4 Å². The molecule has 1 unspecified atom stereocenters. The Bertz CT molecular complexity index is 1440. The molecule has 4 aromatic rings. The molecule has 1 atom stereocenters. The van der Waals surface area contributed by atoms with Gasteiger partial charge in [-0.1, -0.05) is 49.9 Å². The zero-order valence-corrected chi connectivity index (χ0v) is 21.0. The molecule has 0 aliphatic heterocycles. The Morgan fingerprint density at radius 3 is 2.74 bits per heavy atom. The van der Waals surface area contributed by atoms with Gasteiger partial charge in [-0.2, -0.15) is 5.10 Å². The fourth-order valence-corrected chi connectivity index (χ4v) is 5.52. The number of hydrogen-bond donors (Lipinski definition) is 1. The number of nitrogens with one attached hydrogen (secondary N) is 1. The number of nitrogens with zero attached hydrogens (tertiary/aromatic N) is 4. The van der Waals surface area contributed by atoms with Crippen LogP contribution in [-0.2, 0) is 6.54 Å². The van der Waals surface area contributed by atoms with Gasteiger partial charge in [0.2, 0.25) is 0 Å². The number of fused-ring (bicyclic) bond motifs is 1. The van der Waals surface area contributed by atoms with Gasteiger partial charge < -0.3 is 4.84 Å². The van der Waals surface area contributed by atoms with E-state index >= 15 is 0 Å². The fourth-order valence-electron chi connectivity index (χ4n) is 4.90. The predicted molar refractivity (Wildman–Crippen MR) is 134 cm³/mol. The van der Waals surface area contributed by atoms with Gasteiger partial charge >= 0.3 is 5.69 Å². The van der Waals surface area contributed by atoms with Gasteiger partial charge in [-0.3, -0.25) is 9.67 Å². The minimum absolute atomic E-state index is 0.126. The van der Waals surface area contributed by atoms with Gasteiger partial charge in [-0.15, -0.1) is 4.73 Å². The molecule has 1 aliphatic rings. The van der Waals surface area contributed by atoms with Crippen molar-refractivity contribution in [1.82, 2.24) is 24.5 Å². The summed E-state index contributed by atoms with van der Waals surface area (Å²) < 4.78 is 17.2. The first kappa shape index (κ1) is 23.9. The Morgan fingerprint density at radius 2 is 2.00 bits per heavy atom. The van der Waals surface area contributed by atoms with Gasteiger partial charge in [0.15, 0.2) is 11.8 Å². The number of aromatic nitrogens is 5. The number of benzene rings is 1. The second-order valence-electron chi connectivity index (χ2n) is 9.52. The molecule has 0 amide bonds. The van der Waals surface area contributed by atoms with Crippen molar-refractivity contribution in [3.05, 3.63) is 68.7 Å². The number of imidazole rings is 1. The van der Waals surface area contributed by atoms with Crippen molar-refractivity contribution in [2.24, 2.45) is 5.41 Å². The maximum absolute atomic E-state index is 14.1. The van der Waals surface area contributed by atoms with E-state index in [-0.39, 0.29) is 15.5 Å². The van der Waals surface area contributed by atoms with E-state index in [4.69, 9.17) is 28.0 Å². The lowest BCUT2D eigenvalue weighted by Gasteiger charge is -2.22. The van der Waals surface area contributed by atoms with Crippen LogP contribution < -0.4 is 10.5 Å². The highest BCUT2D eigenvalue weighted by Crippen LogP contribution is 2.39. The lowest BCUT2D eigenvalue weighted by atomic mass is 9.89. The molecule has 5 rings (SSSR count). The van der Waals surface area contributed by atoms with Gasteiger partial charge in [-0.25, -0.2) is 14.2 Å². The normalized spacial score (nSPS) is 16.1. The van der Waals surface area contributed by atoms with E-state index < -0.39 is 17.6 Å². The van der Waals surface area contributed by atoms with Crippen LogP contribution in [0.2, 0.25) is 10.0 Å². The molecule has 0 radical (unpaired) electrons. The Kier molecular flexibility index (Phi) is 6.36. The molecule has 0 spiro atoms. The summed E-state index contributed by atoms with van der Waals surface area (Å²) in [5, 5.41) is 4.69. The summed E-state index contributed by atoms with van der Waals surface area (Å²) in [4.78, 5) is 25.9. The summed E-state index contributed by atoms with van der Waals surface area (Å²) in [7, 11) is 0. The molecule has 1 saturated carbocycles. The summed E-state index contributed by atoms with van der Waals surface area (Å²) in [5.74, 6) is -0.605. The molecule has 184 valence electrons. The molecule has 0 saturated heterocycles. The third-order valence-electron chi connectivity index (χ3n) is 6.82. The first-order valence-corrected chi connectivity index (χ1v) is 12.5. The fraction of sp³-hybridized carbons (Fsp3) is 0.400. The van der Waals surface area contributed by atoms with Gasteiger partial charge in [0.1, 0.15) is 11.3 Å². The average Bonchev–Trinajstić information content (AvgIpc) is 3.55. The quantitative estimate of drug-likeness (QED) is 0.296. The van der Waals surface area contributed by atoms with Gasteiger partial charge in [0.05, 0.1) is 11.2 Å². The van der Waals surface area contributed by atoms with Crippen LogP contribution in [0, 0.1) is 11.2 Å². The van der Waals surface area contributed by atoms with Gasteiger partial charge in [0, 0.05) is 40.7 Å². The molecule has 10 heteroatoms. The zero-order chi connectivity index (χ0) is 24.7. The average molecular weight is 518 g/mol. The highest BCUT2D eigenvalue weighted by Gasteiger charge is 2.29. The number of rotatable bonds is 7. The number of pyridine rings is 1. The lowest BCUT2D eigenvalue weighted by Crippen LogP contribution is -2.27. The molecular formula is C25H26Cl2FN5O2. The van der Waals surface area contributed by atoms with Crippen LogP contribution in [0.15, 0.2) is 41.6 Å². The standard InChI is InChI=1S/C25H26Cl2FN5O2/c1-3-20(21-17(26)6-7-18(28)22(21)27)35-33-19-10-15(11-29-23(19)31-24(33)34)16-12-30-32(13-16)14-25(2)8-4-5-9-25/h6-7,10-13,20H,3-5,8-9,14H2,1-2H3,(H,29,31,34). The molecule has 1 N–H and O–H groups in total. The van der Waals surface area contributed by atoms with Gasteiger partial charge in [0.25, 0.3) is 0 Å². The van der Waals surface area contributed by atoms with E-state index in [9.17, 15) is 9.18 Å². The Labute approximate surface area is 211 Å². The molecule has 1 fully saturated rings. The lowest BCUT2D eigenvalue weighted by molar-refractivity contribution is 0.0350. The summed E-state index contributed by atoms with van der Waals surface area (Å²) >= 11 is 12.5. The van der Waals surface area contributed by atoms with Crippen LogP contribution in [-0.4, -0.2) is 24.5 Å². The number of hydrogen-bond acceptors (Lipinski definition) is 4. The second kappa shape index (κ2) is 9.32. The first-order valence-electron chi connectivity index (χ1n) is 11.7. The van der Waals surface area contributed by atoms with Crippen LogP contribution in [0.5, 0.6) is 0 Å². The highest BCUT2D eigenvalue weighted by molar-refractivity contribution is 6.36. The van der Waals surface area contributed by atoms with Crippen molar-refractivity contribution < 1.29 is 9.23 Å². The van der Waals surface area contributed by atoms with Crippen molar-refractivity contribution in [3.63, 3.8) is 0 Å². The minimum atomic E-state index is -0.749. The number of H-pyrrole nitrogens is 1. The first-order chi connectivity index (χ1) is 16.8. The maximum atomic E-state index is 14.1. The van der Waals surface area contributed by atoms with E-state index in [0.717, 1.165) is 22.4 Å². The van der Waals surface area contributed by atoms with Crippen LogP contribution in [0.25, 0.3) is 22.3 Å². The summed E-state index contributed by atoms with van der Waals surface area (Å²) in [6.45, 7) is 5.02. The highest BCUT2D eigenvalue weighted by atomic mass is 35.5. The SMILES string of the molecule is CCC(On1c(=O)[nH]c2ncc(-c3cnn(CC4(C)CCCC4)c3)cc21)c1c(Cl)ccc(F)c1Cl. The molecule has 3 heterocycles. The summed E-state index contributed by atoms with van der Waals surface area (Å²) in [6.07, 6.45) is 10.1. The maximum Gasteiger partial charge on any atom is 0.360 e. The minimum Gasteiger partial charge on any atom is -0.401 e. The predicted octanol–water partition coefficient (Wildman–Crippen LogP) is 6.19. The van der Waals surface area contributed by atoms with E-state index in [1.165, 1.54) is 37.8 Å².